The second-order valence-electron chi connectivity index (χ2n) is 6.84. The average Bonchev–Trinajstić information content (AvgIpc) is 3.10. The lowest BCUT2D eigenvalue weighted by atomic mass is 10.1. The molecule has 0 radical (unpaired) electrons. The standard InChI is InChI=1S/C23H20N2O4/c1-13-10-19-21(11-14(13)2)29-23(25-19)18-9-6-16(12-20(18)26)24-22(27)15-4-7-17(28-3)8-5-15/h4-12,26H,1-3H3,(H,24,27). The number of oxazole rings is 1. The number of aromatic hydroxyl groups is 1. The number of amides is 1. The van der Waals surface area contributed by atoms with Crippen LogP contribution in [0.4, 0.5) is 5.69 Å². The van der Waals surface area contributed by atoms with Gasteiger partial charge in [-0.2, -0.15) is 0 Å². The summed E-state index contributed by atoms with van der Waals surface area (Å²) in [6.07, 6.45) is 0. The lowest BCUT2D eigenvalue weighted by Gasteiger charge is -2.08. The van der Waals surface area contributed by atoms with Crippen LogP contribution in [0.2, 0.25) is 0 Å². The van der Waals surface area contributed by atoms with Gasteiger partial charge in [-0.05, 0) is 73.5 Å². The molecule has 3 aromatic carbocycles. The number of carbonyl (C=O) groups excluding carboxylic acids is 1. The molecule has 1 amide bonds. The van der Waals surface area contributed by atoms with Gasteiger partial charge in [-0.1, -0.05) is 0 Å². The van der Waals surface area contributed by atoms with Gasteiger partial charge in [-0.15, -0.1) is 0 Å². The largest absolute Gasteiger partial charge is 0.507 e. The summed E-state index contributed by atoms with van der Waals surface area (Å²) in [5.41, 5.74) is 5.05. The number of nitrogens with one attached hydrogen (secondary N) is 1. The van der Waals surface area contributed by atoms with Crippen molar-refractivity contribution in [1.82, 2.24) is 4.98 Å². The second kappa shape index (κ2) is 7.31. The molecule has 0 aliphatic heterocycles. The minimum Gasteiger partial charge on any atom is -0.507 e. The fourth-order valence-electron chi connectivity index (χ4n) is 3.03. The highest BCUT2D eigenvalue weighted by molar-refractivity contribution is 6.04. The fourth-order valence-corrected chi connectivity index (χ4v) is 3.03. The quantitative estimate of drug-likeness (QED) is 0.509. The summed E-state index contributed by atoms with van der Waals surface area (Å²) >= 11 is 0. The molecule has 0 saturated heterocycles. The maximum Gasteiger partial charge on any atom is 0.255 e. The summed E-state index contributed by atoms with van der Waals surface area (Å²) in [4.78, 5) is 16.9. The predicted octanol–water partition coefficient (Wildman–Crippen LogP) is 5.08. The Morgan fingerprint density at radius 3 is 2.45 bits per heavy atom. The van der Waals surface area contributed by atoms with Crippen molar-refractivity contribution in [1.29, 1.82) is 0 Å². The molecule has 1 heterocycles. The number of nitrogens with zero attached hydrogens (tertiary/aromatic N) is 1. The van der Waals surface area contributed by atoms with Crippen molar-refractivity contribution < 1.29 is 19.1 Å². The first-order valence-corrected chi connectivity index (χ1v) is 9.11. The van der Waals surface area contributed by atoms with Gasteiger partial charge >= 0.3 is 0 Å². The number of phenols is 1. The molecular formula is C23H20N2O4. The van der Waals surface area contributed by atoms with Gasteiger partial charge in [0.15, 0.2) is 5.58 Å². The van der Waals surface area contributed by atoms with Crippen molar-refractivity contribution >= 4 is 22.7 Å². The summed E-state index contributed by atoms with van der Waals surface area (Å²) in [6.45, 7) is 4.02. The number of hydrogen-bond donors (Lipinski definition) is 2. The number of carbonyl (C=O) groups is 1. The average molecular weight is 388 g/mol. The van der Waals surface area contributed by atoms with Crippen LogP contribution in [-0.2, 0) is 0 Å². The third-order valence-corrected chi connectivity index (χ3v) is 4.84. The first-order valence-electron chi connectivity index (χ1n) is 9.11. The molecule has 0 bridgehead atoms. The van der Waals surface area contributed by atoms with Gasteiger partial charge in [0.1, 0.15) is 17.0 Å². The summed E-state index contributed by atoms with van der Waals surface area (Å²) in [6, 6.07) is 15.5. The van der Waals surface area contributed by atoms with E-state index in [1.54, 1.807) is 43.5 Å². The highest BCUT2D eigenvalue weighted by Crippen LogP contribution is 2.33. The van der Waals surface area contributed by atoms with Crippen LogP contribution in [0.3, 0.4) is 0 Å². The van der Waals surface area contributed by atoms with Crippen LogP contribution >= 0.6 is 0 Å². The van der Waals surface area contributed by atoms with Crippen molar-refractivity contribution in [3.63, 3.8) is 0 Å². The molecule has 0 saturated carbocycles. The minimum absolute atomic E-state index is 0.0301. The zero-order valence-corrected chi connectivity index (χ0v) is 16.3. The van der Waals surface area contributed by atoms with E-state index in [1.807, 2.05) is 26.0 Å². The monoisotopic (exact) mass is 388 g/mol. The lowest BCUT2D eigenvalue weighted by Crippen LogP contribution is -2.11. The van der Waals surface area contributed by atoms with Gasteiger partial charge in [0, 0.05) is 17.3 Å². The Morgan fingerprint density at radius 1 is 1.03 bits per heavy atom. The Balaban J connectivity index is 1.58. The van der Waals surface area contributed by atoms with Crippen molar-refractivity contribution in [2.75, 3.05) is 12.4 Å². The molecule has 146 valence electrons. The van der Waals surface area contributed by atoms with E-state index in [2.05, 4.69) is 10.3 Å². The minimum atomic E-state index is -0.285. The zero-order valence-electron chi connectivity index (χ0n) is 16.3. The SMILES string of the molecule is COc1ccc(C(=O)Nc2ccc(-c3nc4cc(C)c(C)cc4o3)c(O)c2)cc1. The molecule has 6 heteroatoms. The van der Waals surface area contributed by atoms with Gasteiger partial charge in [0.25, 0.3) is 5.91 Å². The molecule has 0 atom stereocenters. The van der Waals surface area contributed by atoms with E-state index in [9.17, 15) is 9.90 Å². The van der Waals surface area contributed by atoms with Crippen LogP contribution in [0, 0.1) is 13.8 Å². The Hall–Kier alpha value is -3.80. The van der Waals surface area contributed by atoms with Crippen LogP contribution in [0.25, 0.3) is 22.6 Å². The fraction of sp³-hybridized carbons (Fsp3) is 0.130. The molecule has 1 aromatic heterocycles. The van der Waals surface area contributed by atoms with E-state index in [0.29, 0.717) is 34.0 Å². The normalized spacial score (nSPS) is 10.9. The van der Waals surface area contributed by atoms with E-state index in [4.69, 9.17) is 9.15 Å². The first-order chi connectivity index (χ1) is 13.9. The molecule has 4 aromatic rings. The van der Waals surface area contributed by atoms with E-state index in [-0.39, 0.29) is 11.7 Å². The number of rotatable bonds is 4. The topological polar surface area (TPSA) is 84.6 Å². The molecule has 0 unspecified atom stereocenters. The zero-order chi connectivity index (χ0) is 20.5. The predicted molar refractivity (Wildman–Crippen MR) is 112 cm³/mol. The van der Waals surface area contributed by atoms with Crippen molar-refractivity contribution in [3.8, 4) is 23.0 Å². The Labute approximate surface area is 167 Å². The highest BCUT2D eigenvalue weighted by Gasteiger charge is 2.15. The van der Waals surface area contributed by atoms with E-state index in [1.165, 1.54) is 6.07 Å². The molecule has 29 heavy (non-hydrogen) atoms. The Kier molecular flexibility index (Phi) is 4.68. The lowest BCUT2D eigenvalue weighted by molar-refractivity contribution is 0.102. The highest BCUT2D eigenvalue weighted by atomic mass is 16.5. The van der Waals surface area contributed by atoms with Crippen molar-refractivity contribution in [2.45, 2.75) is 13.8 Å². The summed E-state index contributed by atoms with van der Waals surface area (Å²) in [5.74, 6) is 0.688. The van der Waals surface area contributed by atoms with Crippen LogP contribution in [0.5, 0.6) is 11.5 Å². The molecule has 4 rings (SSSR count). The van der Waals surface area contributed by atoms with Crippen LogP contribution in [0.15, 0.2) is 59.0 Å². The molecule has 0 fully saturated rings. The van der Waals surface area contributed by atoms with Crippen molar-refractivity contribution in [3.05, 3.63) is 71.3 Å². The maximum atomic E-state index is 12.4. The van der Waals surface area contributed by atoms with E-state index >= 15 is 0 Å². The number of methoxy groups -OCH3 is 1. The smallest absolute Gasteiger partial charge is 0.255 e. The number of phenolic OH excluding ortho intramolecular Hbond substituents is 1. The number of hydrogen-bond acceptors (Lipinski definition) is 5. The Morgan fingerprint density at radius 2 is 1.76 bits per heavy atom. The van der Waals surface area contributed by atoms with E-state index in [0.717, 1.165) is 16.6 Å². The van der Waals surface area contributed by atoms with Crippen LogP contribution in [0.1, 0.15) is 21.5 Å². The van der Waals surface area contributed by atoms with Crippen LogP contribution < -0.4 is 10.1 Å². The third kappa shape index (κ3) is 3.65. The van der Waals surface area contributed by atoms with Crippen molar-refractivity contribution in [2.24, 2.45) is 0 Å². The number of benzene rings is 3. The van der Waals surface area contributed by atoms with Gasteiger partial charge in [-0.3, -0.25) is 4.79 Å². The third-order valence-electron chi connectivity index (χ3n) is 4.84. The summed E-state index contributed by atoms with van der Waals surface area (Å²) < 4.78 is 10.9. The number of anilines is 1. The summed E-state index contributed by atoms with van der Waals surface area (Å²) in [5, 5.41) is 13.2. The first kappa shape index (κ1) is 18.6. The van der Waals surface area contributed by atoms with Gasteiger partial charge < -0.3 is 19.6 Å². The van der Waals surface area contributed by atoms with E-state index < -0.39 is 0 Å². The van der Waals surface area contributed by atoms with Gasteiger partial charge in [0.05, 0.1) is 12.7 Å². The molecule has 0 spiro atoms. The molecule has 2 N–H and O–H groups in total. The number of aryl methyl sites for hydroxylation is 2. The number of aromatic nitrogens is 1. The second-order valence-corrected chi connectivity index (χ2v) is 6.84. The molecular weight excluding hydrogens is 368 g/mol. The van der Waals surface area contributed by atoms with Gasteiger partial charge in [0.2, 0.25) is 5.89 Å². The maximum absolute atomic E-state index is 12.4. The van der Waals surface area contributed by atoms with Gasteiger partial charge in [-0.25, -0.2) is 4.98 Å². The Bertz CT molecular complexity index is 1170. The number of fused-ring (bicyclic) bond motifs is 1. The summed E-state index contributed by atoms with van der Waals surface area (Å²) in [7, 11) is 1.57. The number of ether oxygens (including phenoxy) is 1. The molecule has 0 aliphatic rings. The molecule has 0 aliphatic carbocycles. The molecule has 6 nitrogen and oxygen atoms in total. The van der Waals surface area contributed by atoms with Crippen LogP contribution in [-0.4, -0.2) is 23.1 Å².